The Kier molecular flexibility index (Phi) is 4.42. The number of nitrogens with one attached hydrogen (secondary N) is 1. The largest absolute Gasteiger partial charge is 0.433 e. The van der Waals surface area contributed by atoms with E-state index in [9.17, 15) is 10.1 Å². The lowest BCUT2D eigenvalue weighted by Crippen LogP contribution is -2.11. The molecule has 2 rings (SSSR count). The number of allylic oxidation sites excluding steroid dienone is 1. The van der Waals surface area contributed by atoms with Gasteiger partial charge >= 0.3 is 11.6 Å². The zero-order valence-corrected chi connectivity index (χ0v) is 11.2. The first-order valence-corrected chi connectivity index (χ1v) is 6.03. The van der Waals surface area contributed by atoms with E-state index in [1.165, 1.54) is 0 Å². The summed E-state index contributed by atoms with van der Waals surface area (Å²) in [7, 11) is 0. The number of nitrogens with zero attached hydrogens (tertiary/aromatic N) is 3. The van der Waals surface area contributed by atoms with Crippen molar-refractivity contribution in [2.24, 2.45) is 5.84 Å². The molecule has 0 aliphatic heterocycles. The third-order valence-electron chi connectivity index (χ3n) is 2.53. The minimum atomic E-state index is -0.617. The Morgan fingerprint density at radius 3 is 2.86 bits per heavy atom. The maximum Gasteiger partial charge on any atom is 0.349 e. The average Bonchev–Trinajstić information content (AvgIpc) is 2.49. The van der Waals surface area contributed by atoms with E-state index in [1.807, 2.05) is 31.2 Å². The lowest BCUT2D eigenvalue weighted by molar-refractivity contribution is -0.386. The van der Waals surface area contributed by atoms with Crippen LogP contribution in [-0.4, -0.2) is 14.9 Å². The number of aromatic nitrogens is 2. The fourth-order valence-electron chi connectivity index (χ4n) is 1.62. The molecule has 0 spiro atoms. The molecule has 1 aromatic heterocycles. The van der Waals surface area contributed by atoms with Crippen LogP contribution in [0.5, 0.6) is 11.6 Å². The molecule has 1 aromatic carbocycles. The van der Waals surface area contributed by atoms with Crippen LogP contribution in [0.25, 0.3) is 6.08 Å². The zero-order chi connectivity index (χ0) is 15.2. The molecule has 21 heavy (non-hydrogen) atoms. The summed E-state index contributed by atoms with van der Waals surface area (Å²) in [6.45, 7) is 1.86. The van der Waals surface area contributed by atoms with Gasteiger partial charge in [0.05, 0.1) is 4.92 Å². The third kappa shape index (κ3) is 3.31. The summed E-state index contributed by atoms with van der Waals surface area (Å²) in [6.07, 6.45) is 4.70. The van der Waals surface area contributed by atoms with Gasteiger partial charge in [-0.25, -0.2) is 10.8 Å². The van der Waals surface area contributed by atoms with Crippen molar-refractivity contribution in [3.63, 3.8) is 0 Å². The van der Waals surface area contributed by atoms with Crippen LogP contribution < -0.4 is 16.0 Å². The first-order chi connectivity index (χ1) is 10.2. The Morgan fingerprint density at radius 2 is 2.19 bits per heavy atom. The van der Waals surface area contributed by atoms with Gasteiger partial charge in [0.15, 0.2) is 0 Å². The standard InChI is InChI=1S/C13H13N5O3/c1-2-5-9-6-3-4-7-11(9)21-12-10(18(19)20)8-15-13(16-12)17-14/h2-8H,14H2,1H3,(H,15,16,17)/b5-2+. The molecule has 0 aliphatic carbocycles. The van der Waals surface area contributed by atoms with Gasteiger partial charge in [-0.15, -0.1) is 0 Å². The second-order valence-corrected chi connectivity index (χ2v) is 3.93. The lowest BCUT2D eigenvalue weighted by atomic mass is 10.2. The van der Waals surface area contributed by atoms with Crippen LogP contribution in [0.15, 0.2) is 36.5 Å². The van der Waals surface area contributed by atoms with E-state index >= 15 is 0 Å². The lowest BCUT2D eigenvalue weighted by Gasteiger charge is -2.08. The second kappa shape index (κ2) is 6.44. The minimum Gasteiger partial charge on any atom is -0.433 e. The minimum absolute atomic E-state index is 0.0270. The molecule has 0 saturated carbocycles. The molecular weight excluding hydrogens is 274 g/mol. The second-order valence-electron chi connectivity index (χ2n) is 3.93. The summed E-state index contributed by atoms with van der Waals surface area (Å²) in [6, 6.07) is 7.11. The number of hydrogen-bond donors (Lipinski definition) is 2. The SMILES string of the molecule is C/C=C/c1ccccc1Oc1nc(NN)ncc1[N+](=O)[O-]. The number of nitrogen functional groups attached to an aromatic ring is 1. The van der Waals surface area contributed by atoms with Crippen LogP contribution in [0.1, 0.15) is 12.5 Å². The highest BCUT2D eigenvalue weighted by atomic mass is 16.6. The van der Waals surface area contributed by atoms with E-state index in [2.05, 4.69) is 15.4 Å². The van der Waals surface area contributed by atoms with E-state index in [1.54, 1.807) is 12.1 Å². The molecule has 1 heterocycles. The van der Waals surface area contributed by atoms with Gasteiger partial charge in [-0.3, -0.25) is 15.5 Å². The van der Waals surface area contributed by atoms with Crippen molar-refractivity contribution in [2.75, 3.05) is 5.43 Å². The molecule has 0 unspecified atom stereocenters. The zero-order valence-electron chi connectivity index (χ0n) is 11.2. The van der Waals surface area contributed by atoms with Crippen LogP contribution in [-0.2, 0) is 0 Å². The monoisotopic (exact) mass is 287 g/mol. The van der Waals surface area contributed by atoms with Gasteiger partial charge in [0.25, 0.3) is 0 Å². The van der Waals surface area contributed by atoms with Crippen LogP contribution in [0, 0.1) is 10.1 Å². The van der Waals surface area contributed by atoms with Crippen molar-refractivity contribution >= 4 is 17.7 Å². The van der Waals surface area contributed by atoms with Crippen LogP contribution >= 0.6 is 0 Å². The molecule has 8 heteroatoms. The van der Waals surface area contributed by atoms with E-state index in [0.717, 1.165) is 11.8 Å². The van der Waals surface area contributed by atoms with E-state index in [4.69, 9.17) is 10.6 Å². The highest BCUT2D eigenvalue weighted by molar-refractivity contribution is 5.58. The molecule has 0 fully saturated rings. The van der Waals surface area contributed by atoms with Crippen LogP contribution in [0.4, 0.5) is 11.6 Å². The van der Waals surface area contributed by atoms with Crippen molar-refractivity contribution in [1.82, 2.24) is 9.97 Å². The normalized spacial score (nSPS) is 10.6. The van der Waals surface area contributed by atoms with E-state index in [-0.39, 0.29) is 17.5 Å². The predicted molar refractivity (Wildman–Crippen MR) is 77.7 cm³/mol. The number of benzene rings is 1. The molecule has 108 valence electrons. The first kappa shape index (κ1) is 14.4. The van der Waals surface area contributed by atoms with Crippen molar-refractivity contribution in [3.8, 4) is 11.6 Å². The number of rotatable bonds is 5. The van der Waals surface area contributed by atoms with Crippen molar-refractivity contribution in [1.29, 1.82) is 0 Å². The number of hydrazine groups is 1. The summed E-state index contributed by atoms with van der Waals surface area (Å²) in [5.74, 6) is 5.50. The van der Waals surface area contributed by atoms with Gasteiger partial charge in [-0.05, 0) is 13.0 Å². The molecule has 0 atom stereocenters. The number of hydrogen-bond acceptors (Lipinski definition) is 7. The number of nitro groups is 1. The summed E-state index contributed by atoms with van der Waals surface area (Å²) < 4.78 is 5.56. The topological polar surface area (TPSA) is 116 Å². The Balaban J connectivity index is 2.45. The maximum absolute atomic E-state index is 11.0. The van der Waals surface area contributed by atoms with Gasteiger partial charge in [0, 0.05) is 5.56 Å². The molecule has 0 amide bonds. The van der Waals surface area contributed by atoms with Crippen molar-refractivity contribution < 1.29 is 9.66 Å². The molecule has 8 nitrogen and oxygen atoms in total. The Labute approximate surface area is 120 Å². The van der Waals surface area contributed by atoms with Gasteiger partial charge < -0.3 is 4.74 Å². The molecule has 0 bridgehead atoms. The highest BCUT2D eigenvalue weighted by Gasteiger charge is 2.20. The van der Waals surface area contributed by atoms with Gasteiger partial charge in [0.1, 0.15) is 11.9 Å². The first-order valence-electron chi connectivity index (χ1n) is 6.03. The van der Waals surface area contributed by atoms with Gasteiger partial charge in [0.2, 0.25) is 5.95 Å². The summed E-state index contributed by atoms with van der Waals surface area (Å²) in [5, 5.41) is 11.0. The number of anilines is 1. The third-order valence-corrected chi connectivity index (χ3v) is 2.53. The molecule has 2 aromatic rings. The van der Waals surface area contributed by atoms with Gasteiger partial charge in [-0.1, -0.05) is 30.4 Å². The highest BCUT2D eigenvalue weighted by Crippen LogP contribution is 2.31. The van der Waals surface area contributed by atoms with Crippen molar-refractivity contribution in [3.05, 3.63) is 52.2 Å². The fourth-order valence-corrected chi connectivity index (χ4v) is 1.62. The van der Waals surface area contributed by atoms with E-state index in [0.29, 0.717) is 5.75 Å². The van der Waals surface area contributed by atoms with Gasteiger partial charge in [-0.2, -0.15) is 4.98 Å². The quantitative estimate of drug-likeness (QED) is 0.493. The summed E-state index contributed by atoms with van der Waals surface area (Å²) >= 11 is 0. The fraction of sp³-hybridized carbons (Fsp3) is 0.0769. The molecule has 3 N–H and O–H groups in total. The molecular formula is C13H13N5O3. The number of para-hydroxylation sites is 1. The maximum atomic E-state index is 11.0. The number of ether oxygens (including phenoxy) is 1. The Bertz CT molecular complexity index is 687. The van der Waals surface area contributed by atoms with Crippen LogP contribution in [0.3, 0.4) is 0 Å². The molecule has 0 radical (unpaired) electrons. The summed E-state index contributed by atoms with van der Waals surface area (Å²) in [4.78, 5) is 18.0. The predicted octanol–water partition coefficient (Wildman–Crippen LogP) is 2.50. The molecule has 0 aliphatic rings. The summed E-state index contributed by atoms with van der Waals surface area (Å²) in [5.41, 5.74) is 2.65. The smallest absolute Gasteiger partial charge is 0.349 e. The Hall–Kier alpha value is -3.00. The number of nitrogens with two attached hydrogens (primary N) is 1. The Morgan fingerprint density at radius 1 is 1.43 bits per heavy atom. The van der Waals surface area contributed by atoms with Crippen molar-refractivity contribution in [2.45, 2.75) is 6.92 Å². The van der Waals surface area contributed by atoms with E-state index < -0.39 is 4.92 Å². The van der Waals surface area contributed by atoms with Crippen LogP contribution in [0.2, 0.25) is 0 Å². The average molecular weight is 287 g/mol. The molecule has 0 saturated heterocycles.